The molecule has 5 heteroatoms. The van der Waals surface area contributed by atoms with Crippen molar-refractivity contribution in [2.45, 2.75) is 19.8 Å². The molecule has 25 heavy (non-hydrogen) atoms. The Morgan fingerprint density at radius 2 is 2.16 bits per heavy atom. The molecule has 1 aliphatic heterocycles. The van der Waals surface area contributed by atoms with Crippen LogP contribution in [0.1, 0.15) is 30.3 Å². The number of nitrogens with zero attached hydrogens (tertiary/aromatic N) is 3. The lowest BCUT2D eigenvalue weighted by atomic mass is 10.0. The number of anilines is 1. The standard InChI is InChI=1S/C20H24N4O/c1-3-11-21-20(25)17-13-18(24-12-7-8-15(2)14-24)23-19(22-17)16-9-5-4-6-10-16/h3-6,9-10,13,15H,1,7-8,11-12,14H2,2H3,(H,21,25). The Hall–Kier alpha value is -2.69. The van der Waals surface area contributed by atoms with Crippen LogP contribution in [0.5, 0.6) is 0 Å². The van der Waals surface area contributed by atoms with Crippen molar-refractivity contribution in [3.8, 4) is 11.4 Å². The highest BCUT2D eigenvalue weighted by Crippen LogP contribution is 2.24. The van der Waals surface area contributed by atoms with Crippen LogP contribution in [0.4, 0.5) is 5.82 Å². The number of benzene rings is 1. The number of nitrogens with one attached hydrogen (secondary N) is 1. The topological polar surface area (TPSA) is 58.1 Å². The molecule has 3 rings (SSSR count). The molecule has 5 nitrogen and oxygen atoms in total. The number of hydrogen-bond acceptors (Lipinski definition) is 4. The lowest BCUT2D eigenvalue weighted by Gasteiger charge is -2.32. The van der Waals surface area contributed by atoms with Crippen LogP contribution in [0.15, 0.2) is 49.1 Å². The Kier molecular flexibility index (Phi) is 5.43. The summed E-state index contributed by atoms with van der Waals surface area (Å²) < 4.78 is 0. The molecule has 0 aliphatic carbocycles. The molecule has 0 radical (unpaired) electrons. The molecule has 1 saturated heterocycles. The van der Waals surface area contributed by atoms with Gasteiger partial charge >= 0.3 is 0 Å². The summed E-state index contributed by atoms with van der Waals surface area (Å²) in [6.45, 7) is 8.22. The van der Waals surface area contributed by atoms with Gasteiger partial charge < -0.3 is 10.2 Å². The van der Waals surface area contributed by atoms with Crippen molar-refractivity contribution in [3.63, 3.8) is 0 Å². The maximum Gasteiger partial charge on any atom is 0.270 e. The van der Waals surface area contributed by atoms with Gasteiger partial charge in [-0.15, -0.1) is 6.58 Å². The van der Waals surface area contributed by atoms with E-state index in [2.05, 4.69) is 28.7 Å². The lowest BCUT2D eigenvalue weighted by molar-refractivity contribution is 0.0953. The third-order valence-corrected chi connectivity index (χ3v) is 4.37. The van der Waals surface area contributed by atoms with E-state index < -0.39 is 0 Å². The summed E-state index contributed by atoms with van der Waals surface area (Å²) in [6, 6.07) is 11.6. The Labute approximate surface area is 148 Å². The summed E-state index contributed by atoms with van der Waals surface area (Å²) >= 11 is 0. The largest absolute Gasteiger partial charge is 0.356 e. The van der Waals surface area contributed by atoms with Crippen LogP contribution >= 0.6 is 0 Å². The fraction of sp³-hybridized carbons (Fsp3) is 0.350. The molecule has 1 aromatic heterocycles. The van der Waals surface area contributed by atoms with Crippen LogP contribution in [0, 0.1) is 5.92 Å². The zero-order valence-electron chi connectivity index (χ0n) is 14.6. The molecule has 1 unspecified atom stereocenters. The van der Waals surface area contributed by atoms with Crippen LogP contribution in [-0.4, -0.2) is 35.5 Å². The molecule has 2 heterocycles. The molecule has 130 valence electrons. The van der Waals surface area contributed by atoms with Crippen molar-refractivity contribution < 1.29 is 4.79 Å². The van der Waals surface area contributed by atoms with Gasteiger partial charge in [-0.2, -0.15) is 0 Å². The number of rotatable bonds is 5. The number of piperidine rings is 1. The van der Waals surface area contributed by atoms with Gasteiger partial charge in [0.05, 0.1) is 0 Å². The van der Waals surface area contributed by atoms with Gasteiger partial charge in [-0.3, -0.25) is 4.79 Å². The van der Waals surface area contributed by atoms with Crippen molar-refractivity contribution in [1.29, 1.82) is 0 Å². The van der Waals surface area contributed by atoms with Crippen LogP contribution < -0.4 is 10.2 Å². The van der Waals surface area contributed by atoms with E-state index in [1.165, 1.54) is 6.42 Å². The highest BCUT2D eigenvalue weighted by molar-refractivity contribution is 5.93. The van der Waals surface area contributed by atoms with Gasteiger partial charge in [0.1, 0.15) is 11.5 Å². The summed E-state index contributed by atoms with van der Waals surface area (Å²) in [5.41, 5.74) is 1.30. The SMILES string of the molecule is C=CCNC(=O)c1cc(N2CCCC(C)C2)nc(-c2ccccc2)n1. The fourth-order valence-electron chi connectivity index (χ4n) is 3.08. The summed E-state index contributed by atoms with van der Waals surface area (Å²) in [5, 5.41) is 2.80. The molecule has 0 bridgehead atoms. The van der Waals surface area contributed by atoms with E-state index in [9.17, 15) is 4.79 Å². The minimum atomic E-state index is -0.203. The van der Waals surface area contributed by atoms with E-state index in [0.717, 1.165) is 30.9 Å². The summed E-state index contributed by atoms with van der Waals surface area (Å²) in [7, 11) is 0. The van der Waals surface area contributed by atoms with Crippen LogP contribution in [0.3, 0.4) is 0 Å². The van der Waals surface area contributed by atoms with Crippen molar-refractivity contribution in [1.82, 2.24) is 15.3 Å². The first-order chi connectivity index (χ1) is 12.2. The first-order valence-electron chi connectivity index (χ1n) is 8.76. The molecule has 1 fully saturated rings. The first-order valence-corrected chi connectivity index (χ1v) is 8.76. The molecule has 1 atom stereocenters. The molecular formula is C20H24N4O. The molecule has 2 aromatic rings. The summed E-state index contributed by atoms with van der Waals surface area (Å²) in [4.78, 5) is 23.9. The second-order valence-corrected chi connectivity index (χ2v) is 6.49. The molecule has 1 aromatic carbocycles. The third kappa shape index (κ3) is 4.24. The van der Waals surface area contributed by atoms with Gasteiger partial charge in [-0.05, 0) is 18.8 Å². The molecular weight excluding hydrogens is 312 g/mol. The third-order valence-electron chi connectivity index (χ3n) is 4.37. The van der Waals surface area contributed by atoms with Gasteiger partial charge in [-0.1, -0.05) is 43.3 Å². The van der Waals surface area contributed by atoms with E-state index in [4.69, 9.17) is 4.98 Å². The maximum atomic E-state index is 12.4. The lowest BCUT2D eigenvalue weighted by Crippen LogP contribution is -2.35. The predicted octanol–water partition coefficient (Wildman–Crippen LogP) is 3.30. The molecule has 1 N–H and O–H groups in total. The maximum absolute atomic E-state index is 12.4. The summed E-state index contributed by atoms with van der Waals surface area (Å²) in [5.74, 6) is 1.83. The van der Waals surface area contributed by atoms with Gasteiger partial charge in [0.15, 0.2) is 5.82 Å². The molecule has 0 saturated carbocycles. The van der Waals surface area contributed by atoms with E-state index >= 15 is 0 Å². The van der Waals surface area contributed by atoms with Crippen molar-refractivity contribution >= 4 is 11.7 Å². The Morgan fingerprint density at radius 1 is 1.36 bits per heavy atom. The molecule has 1 aliphatic rings. The van der Waals surface area contributed by atoms with Crippen molar-refractivity contribution in [3.05, 3.63) is 54.7 Å². The van der Waals surface area contributed by atoms with Crippen LogP contribution in [0.2, 0.25) is 0 Å². The van der Waals surface area contributed by atoms with Crippen molar-refractivity contribution in [2.24, 2.45) is 5.92 Å². The van der Waals surface area contributed by atoms with E-state index in [0.29, 0.717) is 24.0 Å². The minimum absolute atomic E-state index is 0.203. The zero-order chi connectivity index (χ0) is 17.6. The zero-order valence-corrected chi connectivity index (χ0v) is 14.6. The highest BCUT2D eigenvalue weighted by atomic mass is 16.1. The number of amides is 1. The number of carbonyl (C=O) groups is 1. The van der Waals surface area contributed by atoms with Gasteiger partial charge in [0, 0.05) is 31.3 Å². The second-order valence-electron chi connectivity index (χ2n) is 6.49. The van der Waals surface area contributed by atoms with E-state index in [-0.39, 0.29) is 5.91 Å². The molecule has 1 amide bonds. The minimum Gasteiger partial charge on any atom is -0.356 e. The first kappa shape index (κ1) is 17.1. The quantitative estimate of drug-likeness (QED) is 0.851. The van der Waals surface area contributed by atoms with E-state index in [1.807, 2.05) is 30.3 Å². The fourth-order valence-corrected chi connectivity index (χ4v) is 3.08. The Morgan fingerprint density at radius 3 is 2.88 bits per heavy atom. The van der Waals surface area contributed by atoms with Crippen molar-refractivity contribution in [2.75, 3.05) is 24.5 Å². The normalized spacial score (nSPS) is 17.2. The average molecular weight is 336 g/mol. The smallest absolute Gasteiger partial charge is 0.270 e. The monoisotopic (exact) mass is 336 g/mol. The highest BCUT2D eigenvalue weighted by Gasteiger charge is 2.20. The number of carbonyl (C=O) groups excluding carboxylic acids is 1. The average Bonchev–Trinajstić information content (AvgIpc) is 2.66. The number of aromatic nitrogens is 2. The van der Waals surface area contributed by atoms with Gasteiger partial charge in [-0.25, -0.2) is 9.97 Å². The Balaban J connectivity index is 1.98. The van der Waals surface area contributed by atoms with Crippen LogP contribution in [-0.2, 0) is 0 Å². The second kappa shape index (κ2) is 7.92. The van der Waals surface area contributed by atoms with Gasteiger partial charge in [0.25, 0.3) is 5.91 Å². The molecule has 0 spiro atoms. The number of hydrogen-bond donors (Lipinski definition) is 1. The van der Waals surface area contributed by atoms with E-state index in [1.54, 1.807) is 12.1 Å². The summed E-state index contributed by atoms with van der Waals surface area (Å²) in [6.07, 6.45) is 4.04. The Bertz CT molecular complexity index is 745. The van der Waals surface area contributed by atoms with Crippen LogP contribution in [0.25, 0.3) is 11.4 Å². The predicted molar refractivity (Wildman–Crippen MR) is 101 cm³/mol. The van der Waals surface area contributed by atoms with Gasteiger partial charge in [0.2, 0.25) is 0 Å².